The molecule has 0 saturated heterocycles. The molecule has 0 atom stereocenters. The van der Waals surface area contributed by atoms with Crippen LogP contribution in [0.15, 0.2) is 48.8 Å². The first-order valence-corrected chi connectivity index (χ1v) is 11.5. The second kappa shape index (κ2) is 11.3. The fraction of sp³-hybridized carbons (Fsp3) is 0.231. The van der Waals surface area contributed by atoms with Gasteiger partial charge in [-0.2, -0.15) is 5.26 Å². The molecule has 0 aliphatic carbocycles. The van der Waals surface area contributed by atoms with Crippen LogP contribution >= 0.6 is 0 Å². The van der Waals surface area contributed by atoms with Crippen molar-refractivity contribution in [2.24, 2.45) is 0 Å². The van der Waals surface area contributed by atoms with Crippen molar-refractivity contribution in [1.29, 1.82) is 5.26 Å². The molecule has 2 amide bonds. The molecule has 190 valence electrons. The van der Waals surface area contributed by atoms with Crippen molar-refractivity contribution in [2.45, 2.75) is 13.5 Å². The van der Waals surface area contributed by atoms with Gasteiger partial charge < -0.3 is 30.0 Å². The first kappa shape index (κ1) is 25.2. The molecule has 0 unspecified atom stereocenters. The number of ether oxygens (including phenoxy) is 2. The van der Waals surface area contributed by atoms with Crippen molar-refractivity contribution < 1.29 is 18.7 Å². The summed E-state index contributed by atoms with van der Waals surface area (Å²) in [4.78, 5) is 20.5. The van der Waals surface area contributed by atoms with Gasteiger partial charge in [-0.3, -0.25) is 0 Å². The van der Waals surface area contributed by atoms with Crippen molar-refractivity contribution in [2.75, 3.05) is 37.9 Å². The second-order valence-corrected chi connectivity index (χ2v) is 7.92. The third kappa shape index (κ3) is 5.38. The fourth-order valence-corrected chi connectivity index (χ4v) is 4.00. The molecule has 37 heavy (non-hydrogen) atoms. The SMILES string of the molecule is CCNC(=O)Nc1ccc(-c2cc(NCCn3c(C#N)cc4c(OC)ccc(F)c43)ncn2)cc1OC. The van der Waals surface area contributed by atoms with Crippen LogP contribution in [0.4, 0.5) is 20.7 Å². The van der Waals surface area contributed by atoms with Gasteiger partial charge in [0.15, 0.2) is 0 Å². The molecule has 11 heteroatoms. The van der Waals surface area contributed by atoms with Crippen LogP contribution in [0.5, 0.6) is 11.5 Å². The molecule has 0 saturated carbocycles. The summed E-state index contributed by atoms with van der Waals surface area (Å²) < 4.78 is 27.0. The summed E-state index contributed by atoms with van der Waals surface area (Å²) in [6.07, 6.45) is 1.43. The van der Waals surface area contributed by atoms with Crippen LogP contribution in [0.2, 0.25) is 0 Å². The van der Waals surface area contributed by atoms with Gasteiger partial charge in [0.2, 0.25) is 0 Å². The fourth-order valence-electron chi connectivity index (χ4n) is 4.00. The molecule has 2 aromatic heterocycles. The van der Waals surface area contributed by atoms with E-state index in [2.05, 4.69) is 32.0 Å². The number of rotatable bonds is 9. The maximum atomic E-state index is 14.6. The zero-order valence-corrected chi connectivity index (χ0v) is 20.6. The maximum absolute atomic E-state index is 14.6. The zero-order chi connectivity index (χ0) is 26.4. The first-order valence-electron chi connectivity index (χ1n) is 11.5. The van der Waals surface area contributed by atoms with Gasteiger partial charge in [-0.25, -0.2) is 19.2 Å². The average molecular weight is 504 g/mol. The number of nitrogens with one attached hydrogen (secondary N) is 3. The number of fused-ring (bicyclic) bond motifs is 1. The van der Waals surface area contributed by atoms with Crippen LogP contribution < -0.4 is 25.4 Å². The molecule has 0 aliphatic rings. The third-order valence-corrected chi connectivity index (χ3v) is 5.70. The van der Waals surface area contributed by atoms with Gasteiger partial charge in [-0.05, 0) is 37.3 Å². The standard InChI is InChI=1S/C26H26FN7O3/c1-4-29-26(35)33-20-7-5-16(11-23(20)37-3)21-13-24(32-15-31-21)30-9-10-34-17(14-28)12-18-22(36-2)8-6-19(27)25(18)34/h5-8,11-13,15H,4,9-10H2,1-3H3,(H2,29,33,35)(H,30,31,32). The number of hydrogen-bond donors (Lipinski definition) is 3. The molecule has 3 N–H and O–H groups in total. The summed E-state index contributed by atoms with van der Waals surface area (Å²) in [5, 5.41) is 18.7. The van der Waals surface area contributed by atoms with Crippen LogP contribution in [-0.4, -0.2) is 47.9 Å². The Bertz CT molecular complexity index is 1480. The molecule has 10 nitrogen and oxygen atoms in total. The number of nitrogens with zero attached hydrogens (tertiary/aromatic N) is 4. The highest BCUT2D eigenvalue weighted by Gasteiger charge is 2.16. The number of carbonyl (C=O) groups excluding carboxylic acids is 1. The Morgan fingerprint density at radius 3 is 2.65 bits per heavy atom. The minimum atomic E-state index is -0.430. The van der Waals surface area contributed by atoms with E-state index in [-0.39, 0.29) is 6.03 Å². The summed E-state index contributed by atoms with van der Waals surface area (Å²) in [5.41, 5.74) is 2.58. The van der Waals surface area contributed by atoms with Gasteiger partial charge >= 0.3 is 6.03 Å². The third-order valence-electron chi connectivity index (χ3n) is 5.70. The number of anilines is 2. The Morgan fingerprint density at radius 1 is 1.11 bits per heavy atom. The number of urea groups is 1. The molecule has 0 radical (unpaired) electrons. The van der Waals surface area contributed by atoms with E-state index in [1.807, 2.05) is 13.0 Å². The molecule has 0 spiro atoms. The van der Waals surface area contributed by atoms with Crippen LogP contribution in [0.25, 0.3) is 22.2 Å². The molecule has 4 aromatic rings. The van der Waals surface area contributed by atoms with Gasteiger partial charge in [0, 0.05) is 36.7 Å². The van der Waals surface area contributed by atoms with Crippen LogP contribution in [0.3, 0.4) is 0 Å². The monoisotopic (exact) mass is 503 g/mol. The molecule has 0 bridgehead atoms. The molecular formula is C26H26FN7O3. The number of aromatic nitrogens is 3. The normalized spacial score (nSPS) is 10.6. The Kier molecular flexibility index (Phi) is 7.68. The molecule has 0 aliphatic heterocycles. The topological polar surface area (TPSA) is 126 Å². The number of amides is 2. The minimum Gasteiger partial charge on any atom is -0.496 e. The number of halogens is 1. The largest absolute Gasteiger partial charge is 0.496 e. The summed E-state index contributed by atoms with van der Waals surface area (Å²) in [6.45, 7) is 3.04. The summed E-state index contributed by atoms with van der Waals surface area (Å²) in [6, 6.07) is 13.4. The predicted molar refractivity (Wildman–Crippen MR) is 138 cm³/mol. The molecule has 0 fully saturated rings. The number of benzene rings is 2. The molecule has 2 heterocycles. The van der Waals surface area contributed by atoms with Crippen molar-refractivity contribution in [1.82, 2.24) is 19.9 Å². The minimum absolute atomic E-state index is 0.314. The Morgan fingerprint density at radius 2 is 1.92 bits per heavy atom. The highest BCUT2D eigenvalue weighted by atomic mass is 19.1. The lowest BCUT2D eigenvalue weighted by molar-refractivity contribution is 0.252. The maximum Gasteiger partial charge on any atom is 0.319 e. The summed E-state index contributed by atoms with van der Waals surface area (Å²) in [5.74, 6) is 1.11. The van der Waals surface area contributed by atoms with E-state index < -0.39 is 5.82 Å². The number of nitriles is 1. The van der Waals surface area contributed by atoms with E-state index >= 15 is 0 Å². The average Bonchev–Trinajstić information content (AvgIpc) is 3.29. The lowest BCUT2D eigenvalue weighted by Crippen LogP contribution is -2.28. The van der Waals surface area contributed by atoms with Gasteiger partial charge in [0.25, 0.3) is 0 Å². The van der Waals surface area contributed by atoms with Crippen molar-refractivity contribution in [3.63, 3.8) is 0 Å². The Hall–Kier alpha value is -4.85. The van der Waals surface area contributed by atoms with Gasteiger partial charge in [0.05, 0.1) is 31.1 Å². The van der Waals surface area contributed by atoms with Crippen molar-refractivity contribution >= 4 is 28.4 Å². The van der Waals surface area contributed by atoms with Crippen molar-refractivity contribution in [3.8, 4) is 28.8 Å². The van der Waals surface area contributed by atoms with Crippen LogP contribution in [-0.2, 0) is 6.54 Å². The van der Waals surface area contributed by atoms with Crippen molar-refractivity contribution in [3.05, 3.63) is 60.3 Å². The molecule has 4 rings (SSSR count). The van der Waals surface area contributed by atoms with E-state index in [9.17, 15) is 14.4 Å². The van der Waals surface area contributed by atoms with E-state index in [0.29, 0.717) is 64.9 Å². The zero-order valence-electron chi connectivity index (χ0n) is 20.6. The van der Waals surface area contributed by atoms with E-state index in [0.717, 1.165) is 5.56 Å². The lowest BCUT2D eigenvalue weighted by Gasteiger charge is -2.13. The lowest BCUT2D eigenvalue weighted by atomic mass is 10.1. The molecule has 2 aromatic carbocycles. The van der Waals surface area contributed by atoms with E-state index in [1.165, 1.54) is 26.6 Å². The quantitative estimate of drug-likeness (QED) is 0.309. The van der Waals surface area contributed by atoms with Crippen LogP contribution in [0, 0.1) is 17.1 Å². The van der Waals surface area contributed by atoms with E-state index in [4.69, 9.17) is 9.47 Å². The summed E-state index contributed by atoms with van der Waals surface area (Å²) in [7, 11) is 3.03. The summed E-state index contributed by atoms with van der Waals surface area (Å²) >= 11 is 0. The Balaban J connectivity index is 1.51. The number of carbonyl (C=O) groups is 1. The molecular weight excluding hydrogens is 477 g/mol. The van der Waals surface area contributed by atoms with Gasteiger partial charge in [0.1, 0.15) is 41.2 Å². The number of methoxy groups -OCH3 is 2. The van der Waals surface area contributed by atoms with Gasteiger partial charge in [-0.1, -0.05) is 6.07 Å². The van der Waals surface area contributed by atoms with E-state index in [1.54, 1.807) is 34.9 Å². The second-order valence-electron chi connectivity index (χ2n) is 7.92. The van der Waals surface area contributed by atoms with Gasteiger partial charge in [-0.15, -0.1) is 0 Å². The first-order chi connectivity index (χ1) is 18.0. The predicted octanol–water partition coefficient (Wildman–Crippen LogP) is 4.38. The Labute approximate surface area is 213 Å². The number of hydrogen-bond acceptors (Lipinski definition) is 7. The highest BCUT2D eigenvalue weighted by molar-refractivity contribution is 5.91. The smallest absolute Gasteiger partial charge is 0.319 e. The highest BCUT2D eigenvalue weighted by Crippen LogP contribution is 2.32. The van der Waals surface area contributed by atoms with Crippen LogP contribution in [0.1, 0.15) is 12.6 Å².